The molecular formula is C29H26F2N6O3. The topological polar surface area (TPSA) is 92.7 Å². The van der Waals surface area contributed by atoms with Crippen LogP contribution < -0.4 is 19.7 Å². The van der Waals surface area contributed by atoms with E-state index < -0.39 is 17.7 Å². The molecular weight excluding hydrogens is 518 g/mol. The van der Waals surface area contributed by atoms with Crippen LogP contribution in [0.5, 0.6) is 11.8 Å². The highest BCUT2D eigenvalue weighted by Crippen LogP contribution is 2.39. The number of benzene rings is 2. The predicted molar refractivity (Wildman–Crippen MR) is 147 cm³/mol. The molecule has 0 saturated carbocycles. The molecule has 0 aliphatic carbocycles. The molecule has 1 amide bonds. The van der Waals surface area contributed by atoms with Crippen molar-refractivity contribution >= 4 is 33.6 Å². The molecule has 204 valence electrons. The molecule has 2 unspecified atom stereocenters. The van der Waals surface area contributed by atoms with Gasteiger partial charge in [0.25, 0.3) is 0 Å². The van der Waals surface area contributed by atoms with Gasteiger partial charge in [0, 0.05) is 56.4 Å². The number of ether oxygens (including phenoxy) is 2. The second-order valence-electron chi connectivity index (χ2n) is 10.2. The number of nitrogens with one attached hydrogen (secondary N) is 1. The van der Waals surface area contributed by atoms with Crippen LogP contribution in [0.4, 0.5) is 19.4 Å². The second-order valence-corrected chi connectivity index (χ2v) is 10.2. The number of carbonyl (C=O) groups is 1. The SMILES string of the molecule is C#Cc1c(F)ccc2cc(OC(=O)N(C)C)cc(-c3ncc4c(N5CC6CCC(C5)N6)nc(OC)nc4c3F)c12. The molecule has 2 aromatic heterocycles. The van der Waals surface area contributed by atoms with Crippen molar-refractivity contribution in [2.24, 2.45) is 0 Å². The van der Waals surface area contributed by atoms with E-state index in [-0.39, 0.29) is 39.5 Å². The van der Waals surface area contributed by atoms with Gasteiger partial charge in [0.05, 0.1) is 18.1 Å². The van der Waals surface area contributed by atoms with E-state index in [9.17, 15) is 9.18 Å². The van der Waals surface area contributed by atoms with Gasteiger partial charge in [-0.15, -0.1) is 6.42 Å². The van der Waals surface area contributed by atoms with Crippen molar-refractivity contribution in [3.8, 4) is 35.4 Å². The van der Waals surface area contributed by atoms with Gasteiger partial charge in [-0.3, -0.25) is 4.98 Å². The highest BCUT2D eigenvalue weighted by molar-refractivity contribution is 6.03. The number of halogens is 2. The Morgan fingerprint density at radius 1 is 1.18 bits per heavy atom. The van der Waals surface area contributed by atoms with E-state index in [1.807, 2.05) is 0 Å². The third-order valence-electron chi connectivity index (χ3n) is 7.35. The lowest BCUT2D eigenvalue weighted by Gasteiger charge is -2.34. The summed E-state index contributed by atoms with van der Waals surface area (Å²) in [6, 6.07) is 6.33. The van der Waals surface area contributed by atoms with Crippen LogP contribution in [-0.2, 0) is 0 Å². The fraction of sp³-hybridized carbons (Fsp3) is 0.310. The van der Waals surface area contributed by atoms with Crippen LogP contribution in [0.3, 0.4) is 0 Å². The van der Waals surface area contributed by atoms with Gasteiger partial charge < -0.3 is 24.6 Å². The first-order chi connectivity index (χ1) is 19.3. The average Bonchev–Trinajstić information content (AvgIpc) is 3.29. The fourth-order valence-electron chi connectivity index (χ4n) is 5.50. The molecule has 2 aromatic carbocycles. The van der Waals surface area contributed by atoms with E-state index in [4.69, 9.17) is 15.9 Å². The third-order valence-corrected chi connectivity index (χ3v) is 7.35. The van der Waals surface area contributed by atoms with Crippen molar-refractivity contribution in [2.75, 3.05) is 39.2 Å². The second kappa shape index (κ2) is 9.88. The fourth-order valence-corrected chi connectivity index (χ4v) is 5.50. The van der Waals surface area contributed by atoms with Crippen LogP contribution in [0.25, 0.3) is 32.9 Å². The van der Waals surface area contributed by atoms with Crippen molar-refractivity contribution < 1.29 is 23.0 Å². The minimum Gasteiger partial charge on any atom is -0.467 e. The highest BCUT2D eigenvalue weighted by Gasteiger charge is 2.34. The predicted octanol–water partition coefficient (Wildman–Crippen LogP) is 4.11. The van der Waals surface area contributed by atoms with E-state index in [0.29, 0.717) is 41.8 Å². The van der Waals surface area contributed by atoms with E-state index >= 15 is 4.39 Å². The Morgan fingerprint density at radius 2 is 1.93 bits per heavy atom. The summed E-state index contributed by atoms with van der Waals surface area (Å²) >= 11 is 0. The van der Waals surface area contributed by atoms with Crippen molar-refractivity contribution in [2.45, 2.75) is 24.9 Å². The van der Waals surface area contributed by atoms with E-state index in [1.54, 1.807) is 6.07 Å². The lowest BCUT2D eigenvalue weighted by Crippen LogP contribution is -2.51. The van der Waals surface area contributed by atoms with Gasteiger partial charge in [-0.2, -0.15) is 9.97 Å². The quantitative estimate of drug-likeness (QED) is 0.384. The molecule has 11 heteroatoms. The van der Waals surface area contributed by atoms with Crippen LogP contribution in [-0.4, -0.2) is 72.3 Å². The molecule has 9 nitrogen and oxygen atoms in total. The van der Waals surface area contributed by atoms with Gasteiger partial charge in [0.15, 0.2) is 5.82 Å². The van der Waals surface area contributed by atoms with E-state index in [1.165, 1.54) is 50.5 Å². The van der Waals surface area contributed by atoms with Gasteiger partial charge in [0.2, 0.25) is 0 Å². The maximum atomic E-state index is 16.5. The number of pyridine rings is 1. The maximum Gasteiger partial charge on any atom is 0.414 e. The first-order valence-corrected chi connectivity index (χ1v) is 12.8. The number of terminal acetylenes is 1. The minimum absolute atomic E-state index is 0.000213. The summed E-state index contributed by atoms with van der Waals surface area (Å²) in [5, 5.41) is 4.71. The zero-order chi connectivity index (χ0) is 28.1. The lowest BCUT2D eigenvalue weighted by molar-refractivity contribution is 0.172. The first-order valence-electron chi connectivity index (χ1n) is 12.8. The average molecular weight is 545 g/mol. The molecule has 2 aliphatic heterocycles. The van der Waals surface area contributed by atoms with E-state index in [2.05, 4.69) is 31.1 Å². The molecule has 0 spiro atoms. The standard InChI is InChI=1S/C29H26F2N6O3/c1-5-19-22(30)9-6-15-10-18(40-29(38)36(2)3)11-20(23(15)19)25-24(31)26-21(12-32-25)27(35-28(34-26)39-4)37-13-16-7-8-17(14-37)33-16/h1,6,9-12,16-17,33H,7-8,13-14H2,2-4H3. The number of methoxy groups -OCH3 is 1. The Balaban J connectivity index is 1.58. The molecule has 2 fully saturated rings. The summed E-state index contributed by atoms with van der Waals surface area (Å²) in [5.74, 6) is 1.62. The summed E-state index contributed by atoms with van der Waals surface area (Å²) in [7, 11) is 4.49. The highest BCUT2D eigenvalue weighted by atomic mass is 19.1. The Bertz CT molecular complexity index is 1710. The number of amides is 1. The van der Waals surface area contributed by atoms with Crippen molar-refractivity contribution in [1.82, 2.24) is 25.2 Å². The molecule has 1 N–H and O–H groups in total. The maximum absolute atomic E-state index is 16.5. The van der Waals surface area contributed by atoms with Crippen LogP contribution in [0.15, 0.2) is 30.5 Å². The number of nitrogens with zero attached hydrogens (tertiary/aromatic N) is 5. The van der Waals surface area contributed by atoms with Crippen LogP contribution >= 0.6 is 0 Å². The smallest absolute Gasteiger partial charge is 0.414 e. The number of hydrogen-bond donors (Lipinski definition) is 1. The van der Waals surface area contributed by atoms with E-state index in [0.717, 1.165) is 12.8 Å². The minimum atomic E-state index is -0.762. The number of rotatable bonds is 4. The number of piperazine rings is 1. The molecule has 6 rings (SSSR count). The molecule has 40 heavy (non-hydrogen) atoms. The van der Waals surface area contributed by atoms with Gasteiger partial charge in [-0.1, -0.05) is 12.0 Å². The number of carbonyl (C=O) groups excluding carboxylic acids is 1. The van der Waals surface area contributed by atoms with Crippen LogP contribution in [0.1, 0.15) is 18.4 Å². The zero-order valence-corrected chi connectivity index (χ0v) is 22.2. The van der Waals surface area contributed by atoms with Gasteiger partial charge in [0.1, 0.15) is 28.6 Å². The zero-order valence-electron chi connectivity index (χ0n) is 22.2. The molecule has 0 radical (unpaired) electrons. The van der Waals surface area contributed by atoms with Crippen LogP contribution in [0, 0.1) is 24.0 Å². The van der Waals surface area contributed by atoms with Gasteiger partial charge in [-0.25, -0.2) is 13.6 Å². The molecule has 4 heterocycles. The number of hydrogen-bond acceptors (Lipinski definition) is 8. The Labute approximate surface area is 229 Å². The van der Waals surface area contributed by atoms with Gasteiger partial charge >= 0.3 is 12.1 Å². The normalized spacial score (nSPS) is 18.1. The molecule has 2 bridgehead atoms. The Kier molecular flexibility index (Phi) is 6.35. The number of fused-ring (bicyclic) bond motifs is 4. The summed E-state index contributed by atoms with van der Waals surface area (Å²) in [6.07, 6.45) is 8.67. The molecule has 2 saturated heterocycles. The molecule has 2 atom stereocenters. The van der Waals surface area contributed by atoms with Crippen molar-refractivity contribution in [1.29, 1.82) is 0 Å². The summed E-state index contributed by atoms with van der Waals surface area (Å²) in [6.45, 7) is 1.42. The summed E-state index contributed by atoms with van der Waals surface area (Å²) < 4.78 is 42.1. The Hall–Kier alpha value is -4.56. The third kappa shape index (κ3) is 4.30. The largest absolute Gasteiger partial charge is 0.467 e. The van der Waals surface area contributed by atoms with Crippen molar-refractivity contribution in [3.63, 3.8) is 0 Å². The summed E-state index contributed by atoms with van der Waals surface area (Å²) in [4.78, 5) is 29.0. The van der Waals surface area contributed by atoms with Crippen molar-refractivity contribution in [3.05, 3.63) is 47.7 Å². The monoisotopic (exact) mass is 544 g/mol. The molecule has 2 aliphatic rings. The van der Waals surface area contributed by atoms with Gasteiger partial charge in [-0.05, 0) is 36.4 Å². The molecule has 4 aromatic rings. The lowest BCUT2D eigenvalue weighted by atomic mass is 9.95. The Morgan fingerprint density at radius 3 is 2.60 bits per heavy atom. The number of aromatic nitrogens is 3. The summed E-state index contributed by atoms with van der Waals surface area (Å²) in [5.41, 5.74) is -0.0311. The number of anilines is 1. The first kappa shape index (κ1) is 25.7. The van der Waals surface area contributed by atoms with Crippen LogP contribution in [0.2, 0.25) is 0 Å².